The first kappa shape index (κ1) is 99.1. The maximum Gasteiger partial charge on any atom is 0.472 e. The summed E-state index contributed by atoms with van der Waals surface area (Å²) in [5, 5.41) is 10.6. The van der Waals surface area contributed by atoms with E-state index in [0.29, 0.717) is 25.7 Å². The largest absolute Gasteiger partial charge is 0.472 e. The predicted molar refractivity (Wildman–Crippen MR) is 414 cm³/mol. The van der Waals surface area contributed by atoms with Crippen molar-refractivity contribution in [2.75, 3.05) is 39.6 Å². The molecule has 0 amide bonds. The molecule has 600 valence electrons. The van der Waals surface area contributed by atoms with Crippen LogP contribution in [0, 0.1) is 5.92 Å². The number of carbonyl (C=O) groups excluding carboxylic acids is 4. The standard InChI is InChI=1S/C82H160O17P2/c1-6-10-13-16-19-22-25-28-31-33-35-38-40-43-46-49-55-60-65-79(84)92-71-77(98-81(86)67-63-58-51-48-45-42-39-36-34-32-29-26-23-20-17-14-11-7-2)73-96-100(88,89)94-69-76(83)70-95-101(90,91)97-74-78(72-93-80(85)66-61-56-53-52-54-59-64-75(5)9-4)99-82(87)68-62-57-50-47-44-41-37-30-27-24-21-18-15-12-8-3/h75-78,83H,6-74H2,1-5H3,(H,88,89)(H,90,91)/t75?,76-,77-,78-/m1/s1. The van der Waals surface area contributed by atoms with Crippen LogP contribution in [0.4, 0.5) is 0 Å². The van der Waals surface area contributed by atoms with Crippen LogP contribution in [-0.2, 0) is 65.4 Å². The van der Waals surface area contributed by atoms with Crippen LogP contribution in [0.3, 0.4) is 0 Å². The number of aliphatic hydroxyl groups excluding tert-OH is 1. The van der Waals surface area contributed by atoms with Gasteiger partial charge in [-0.1, -0.05) is 388 Å². The second-order valence-electron chi connectivity index (χ2n) is 29.8. The van der Waals surface area contributed by atoms with Gasteiger partial charge in [-0.2, -0.15) is 0 Å². The summed E-state index contributed by atoms with van der Waals surface area (Å²) >= 11 is 0. The van der Waals surface area contributed by atoms with Crippen molar-refractivity contribution in [2.24, 2.45) is 5.92 Å². The second-order valence-corrected chi connectivity index (χ2v) is 32.7. The Kier molecular flexibility index (Phi) is 73.5. The summed E-state index contributed by atoms with van der Waals surface area (Å²) in [6.07, 6.45) is 66.6. The number of hydrogen-bond donors (Lipinski definition) is 3. The molecule has 3 unspecified atom stereocenters. The maximum atomic E-state index is 13.1. The molecule has 0 heterocycles. The first-order chi connectivity index (χ1) is 49.1. The van der Waals surface area contributed by atoms with E-state index in [4.69, 9.17) is 37.0 Å². The molecule has 0 aliphatic rings. The molecule has 0 saturated heterocycles. The molecule has 17 nitrogen and oxygen atoms in total. The predicted octanol–water partition coefficient (Wildman–Crippen LogP) is 24.8. The van der Waals surface area contributed by atoms with Gasteiger partial charge in [-0.05, 0) is 31.6 Å². The van der Waals surface area contributed by atoms with Crippen molar-refractivity contribution < 1.29 is 80.2 Å². The number of hydrogen-bond acceptors (Lipinski definition) is 15. The minimum Gasteiger partial charge on any atom is -0.462 e. The molecule has 101 heavy (non-hydrogen) atoms. The molecule has 0 fully saturated rings. The van der Waals surface area contributed by atoms with E-state index < -0.39 is 97.5 Å². The van der Waals surface area contributed by atoms with Gasteiger partial charge in [0.1, 0.15) is 19.3 Å². The van der Waals surface area contributed by atoms with Crippen molar-refractivity contribution in [1.82, 2.24) is 0 Å². The monoisotopic (exact) mass is 1480 g/mol. The molecule has 0 aliphatic carbocycles. The first-order valence-corrected chi connectivity index (χ1v) is 45.7. The normalized spacial score (nSPS) is 14.1. The highest BCUT2D eigenvalue weighted by Gasteiger charge is 2.30. The first-order valence-electron chi connectivity index (χ1n) is 42.7. The highest BCUT2D eigenvalue weighted by Crippen LogP contribution is 2.45. The minimum absolute atomic E-state index is 0.108. The summed E-state index contributed by atoms with van der Waals surface area (Å²) in [7, 11) is -9.92. The summed E-state index contributed by atoms with van der Waals surface area (Å²) in [4.78, 5) is 73.1. The summed E-state index contributed by atoms with van der Waals surface area (Å²) in [5.74, 6) is -1.37. The van der Waals surface area contributed by atoms with Crippen LogP contribution in [0.15, 0.2) is 0 Å². The smallest absolute Gasteiger partial charge is 0.462 e. The number of rotatable bonds is 82. The fourth-order valence-electron chi connectivity index (χ4n) is 12.7. The zero-order chi connectivity index (χ0) is 74.1. The van der Waals surface area contributed by atoms with Crippen molar-refractivity contribution in [2.45, 2.75) is 457 Å². The summed E-state index contributed by atoms with van der Waals surface area (Å²) < 4.78 is 68.8. The Morgan fingerprint density at radius 2 is 0.475 bits per heavy atom. The Morgan fingerprint density at radius 1 is 0.277 bits per heavy atom. The van der Waals surface area contributed by atoms with Crippen LogP contribution in [0.1, 0.15) is 439 Å². The van der Waals surface area contributed by atoms with Crippen molar-refractivity contribution >= 4 is 39.5 Å². The number of aliphatic hydroxyl groups is 1. The molecule has 0 spiro atoms. The van der Waals surface area contributed by atoms with Gasteiger partial charge in [-0.25, -0.2) is 9.13 Å². The Bertz CT molecular complexity index is 1930. The number of carbonyl (C=O) groups is 4. The molecule has 6 atom stereocenters. The molecule has 0 rings (SSSR count). The van der Waals surface area contributed by atoms with Gasteiger partial charge in [-0.3, -0.25) is 37.3 Å². The van der Waals surface area contributed by atoms with Gasteiger partial charge >= 0.3 is 39.5 Å². The van der Waals surface area contributed by atoms with Gasteiger partial charge < -0.3 is 33.8 Å². The number of ether oxygens (including phenoxy) is 4. The van der Waals surface area contributed by atoms with Gasteiger partial charge in [0.15, 0.2) is 12.2 Å². The van der Waals surface area contributed by atoms with E-state index in [2.05, 4.69) is 34.6 Å². The molecular weight excluding hydrogens is 1320 g/mol. The molecule has 0 bridgehead atoms. The van der Waals surface area contributed by atoms with Crippen LogP contribution >= 0.6 is 15.6 Å². The number of phosphoric ester groups is 2. The Labute approximate surface area is 619 Å². The molecule has 0 aromatic heterocycles. The third-order valence-electron chi connectivity index (χ3n) is 19.6. The molecular formula is C82H160O17P2. The third kappa shape index (κ3) is 74.7. The van der Waals surface area contributed by atoms with Gasteiger partial charge in [-0.15, -0.1) is 0 Å². The van der Waals surface area contributed by atoms with E-state index in [9.17, 15) is 43.2 Å². The zero-order valence-corrected chi connectivity index (χ0v) is 67.8. The fourth-order valence-corrected chi connectivity index (χ4v) is 14.3. The molecule has 0 saturated carbocycles. The summed E-state index contributed by atoms with van der Waals surface area (Å²) in [6, 6.07) is 0. The third-order valence-corrected chi connectivity index (χ3v) is 21.5. The topological polar surface area (TPSA) is 237 Å². The zero-order valence-electron chi connectivity index (χ0n) is 66.1. The average molecular weight is 1480 g/mol. The number of phosphoric acid groups is 2. The molecule has 19 heteroatoms. The van der Waals surface area contributed by atoms with Crippen LogP contribution < -0.4 is 0 Å². The van der Waals surface area contributed by atoms with Gasteiger partial charge in [0.05, 0.1) is 26.4 Å². The van der Waals surface area contributed by atoms with E-state index in [1.807, 2.05) is 0 Å². The lowest BCUT2D eigenvalue weighted by atomic mass is 10.00. The van der Waals surface area contributed by atoms with E-state index in [1.54, 1.807) is 0 Å². The molecule has 0 radical (unpaired) electrons. The maximum absolute atomic E-state index is 13.1. The summed E-state index contributed by atoms with van der Waals surface area (Å²) in [6.45, 7) is 7.30. The van der Waals surface area contributed by atoms with E-state index in [0.717, 1.165) is 102 Å². The van der Waals surface area contributed by atoms with Gasteiger partial charge in [0, 0.05) is 25.7 Å². The van der Waals surface area contributed by atoms with Crippen LogP contribution in [-0.4, -0.2) is 96.7 Å². The van der Waals surface area contributed by atoms with Crippen LogP contribution in [0.2, 0.25) is 0 Å². The Balaban J connectivity index is 5.24. The van der Waals surface area contributed by atoms with Crippen molar-refractivity contribution in [1.29, 1.82) is 0 Å². The van der Waals surface area contributed by atoms with Crippen LogP contribution in [0.25, 0.3) is 0 Å². The highest BCUT2D eigenvalue weighted by atomic mass is 31.2. The molecule has 0 aliphatic heterocycles. The second kappa shape index (κ2) is 74.9. The fraction of sp³-hybridized carbons (Fsp3) is 0.951. The lowest BCUT2D eigenvalue weighted by molar-refractivity contribution is -0.161. The summed E-state index contributed by atoms with van der Waals surface area (Å²) in [5.41, 5.74) is 0. The minimum atomic E-state index is -4.96. The van der Waals surface area contributed by atoms with Crippen molar-refractivity contribution in [3.05, 3.63) is 0 Å². The Morgan fingerprint density at radius 3 is 0.703 bits per heavy atom. The number of unbranched alkanes of at least 4 members (excludes halogenated alkanes) is 53. The average Bonchev–Trinajstić information content (AvgIpc) is 0.955. The molecule has 0 aromatic carbocycles. The molecule has 0 aromatic rings. The highest BCUT2D eigenvalue weighted by molar-refractivity contribution is 7.47. The molecule has 3 N–H and O–H groups in total. The van der Waals surface area contributed by atoms with E-state index in [-0.39, 0.29) is 25.7 Å². The van der Waals surface area contributed by atoms with Crippen molar-refractivity contribution in [3.63, 3.8) is 0 Å². The van der Waals surface area contributed by atoms with Gasteiger partial charge in [0.2, 0.25) is 0 Å². The van der Waals surface area contributed by atoms with E-state index in [1.165, 1.54) is 257 Å². The lowest BCUT2D eigenvalue weighted by Gasteiger charge is -2.21. The van der Waals surface area contributed by atoms with Gasteiger partial charge in [0.25, 0.3) is 0 Å². The van der Waals surface area contributed by atoms with Crippen LogP contribution in [0.5, 0.6) is 0 Å². The Hall–Kier alpha value is -1.94. The quantitative estimate of drug-likeness (QED) is 0.0222. The lowest BCUT2D eigenvalue weighted by Crippen LogP contribution is -2.30. The number of esters is 4. The van der Waals surface area contributed by atoms with E-state index >= 15 is 0 Å². The van der Waals surface area contributed by atoms with Crippen molar-refractivity contribution in [3.8, 4) is 0 Å². The SMILES string of the molecule is CCCCCCCCCCCCCCCCCCCCC(=O)OC[C@H](COP(=O)(O)OC[C@@H](O)COP(=O)(O)OC[C@@H](COC(=O)CCCCCCCCC(C)CC)OC(=O)CCCCCCCCCCCCCCCCC)OC(=O)CCCCCCCCCCCCCCCCCCCC.